The molecule has 4 rings (SSSR count). The second-order valence-corrected chi connectivity index (χ2v) is 8.63. The van der Waals surface area contributed by atoms with Crippen molar-refractivity contribution in [2.75, 3.05) is 20.3 Å². The summed E-state index contributed by atoms with van der Waals surface area (Å²) in [5, 5.41) is 0. The van der Waals surface area contributed by atoms with Crippen molar-refractivity contribution in [1.29, 1.82) is 0 Å². The van der Waals surface area contributed by atoms with E-state index in [9.17, 15) is 9.18 Å². The molecule has 0 amide bonds. The number of halogens is 1. The zero-order chi connectivity index (χ0) is 20.4. The molecule has 6 heteroatoms. The Morgan fingerprint density at radius 3 is 2.48 bits per heavy atom. The van der Waals surface area contributed by atoms with Gasteiger partial charge in [0.15, 0.2) is 17.9 Å². The van der Waals surface area contributed by atoms with Crippen LogP contribution in [0.4, 0.5) is 4.39 Å². The number of hydrogen-bond donors (Lipinski definition) is 0. The minimum Gasteiger partial charge on any atom is -0.494 e. The van der Waals surface area contributed by atoms with Crippen molar-refractivity contribution < 1.29 is 28.1 Å². The molecule has 3 aliphatic rings. The van der Waals surface area contributed by atoms with Crippen LogP contribution >= 0.6 is 0 Å². The van der Waals surface area contributed by atoms with Gasteiger partial charge in [-0.3, -0.25) is 0 Å². The molecule has 0 aromatic heterocycles. The molecule has 1 aromatic carbocycles. The van der Waals surface area contributed by atoms with Crippen molar-refractivity contribution in [2.45, 2.75) is 64.3 Å². The van der Waals surface area contributed by atoms with Gasteiger partial charge in [-0.15, -0.1) is 0 Å². The topological polar surface area (TPSA) is 54.0 Å². The second kappa shape index (κ2) is 9.00. The van der Waals surface area contributed by atoms with E-state index in [4.69, 9.17) is 18.9 Å². The van der Waals surface area contributed by atoms with Gasteiger partial charge in [0.05, 0.1) is 20.3 Å². The van der Waals surface area contributed by atoms with Gasteiger partial charge in [-0.05, 0) is 43.2 Å². The van der Waals surface area contributed by atoms with E-state index < -0.39 is 11.8 Å². The van der Waals surface area contributed by atoms with E-state index in [0.717, 1.165) is 18.8 Å². The number of benzene rings is 1. The van der Waals surface area contributed by atoms with Crippen LogP contribution in [0.2, 0.25) is 0 Å². The fraction of sp³-hybridized carbons (Fsp3) is 0.696. The minimum atomic E-state index is -0.650. The molecule has 0 radical (unpaired) electrons. The first-order chi connectivity index (χ1) is 14.1. The van der Waals surface area contributed by atoms with E-state index in [2.05, 4.69) is 6.92 Å². The minimum absolute atomic E-state index is 0.0139. The van der Waals surface area contributed by atoms with Crippen molar-refractivity contribution in [3.05, 3.63) is 29.1 Å². The fourth-order valence-corrected chi connectivity index (χ4v) is 5.04. The summed E-state index contributed by atoms with van der Waals surface area (Å²) < 4.78 is 37.1. The molecule has 5 nitrogen and oxygen atoms in total. The molecule has 1 saturated carbocycles. The Bertz CT molecular complexity index is 720. The third kappa shape index (κ3) is 4.29. The molecule has 29 heavy (non-hydrogen) atoms. The highest BCUT2D eigenvalue weighted by Crippen LogP contribution is 2.37. The molecule has 1 unspecified atom stereocenters. The van der Waals surface area contributed by atoms with Crippen LogP contribution in [0, 0.1) is 23.6 Å². The van der Waals surface area contributed by atoms with Gasteiger partial charge in [0, 0.05) is 18.3 Å². The molecule has 0 bridgehead atoms. The Labute approximate surface area is 171 Å². The number of rotatable bonds is 5. The molecule has 2 heterocycles. The summed E-state index contributed by atoms with van der Waals surface area (Å²) in [4.78, 5) is 12.4. The Balaban J connectivity index is 1.33. The summed E-state index contributed by atoms with van der Waals surface area (Å²) in [6.07, 6.45) is 7.38. The standard InChI is InChI=1S/C23H31FO5/c1-3-4-14-5-7-15(8-6-14)23-27-12-17(13-28-23)19-11-16-9-10-18(26-2)21(24)20(16)22(25)29-19/h9-10,14-15,17,19,23H,3-8,11-13H2,1-2H3. The predicted octanol–water partition coefficient (Wildman–Crippen LogP) is 4.51. The fourth-order valence-electron chi connectivity index (χ4n) is 5.04. The van der Waals surface area contributed by atoms with Crippen LogP contribution in [0.3, 0.4) is 0 Å². The smallest absolute Gasteiger partial charge is 0.341 e. The van der Waals surface area contributed by atoms with Gasteiger partial charge >= 0.3 is 5.97 Å². The normalized spacial score (nSPS) is 32.4. The van der Waals surface area contributed by atoms with Gasteiger partial charge in [0.2, 0.25) is 0 Å². The zero-order valence-electron chi connectivity index (χ0n) is 17.3. The molecule has 1 atom stereocenters. The SMILES string of the molecule is CCCC1CCC(C2OCC(C3Cc4ccc(OC)c(F)c4C(=O)O3)CO2)CC1. The Morgan fingerprint density at radius 2 is 1.83 bits per heavy atom. The molecule has 0 spiro atoms. The molecular weight excluding hydrogens is 375 g/mol. The molecule has 160 valence electrons. The average molecular weight is 406 g/mol. The van der Waals surface area contributed by atoms with Crippen molar-refractivity contribution in [1.82, 2.24) is 0 Å². The first-order valence-electron chi connectivity index (χ1n) is 10.9. The molecule has 1 saturated heterocycles. The van der Waals surface area contributed by atoms with Crippen LogP contribution < -0.4 is 4.74 Å². The Morgan fingerprint density at radius 1 is 1.10 bits per heavy atom. The number of hydrogen-bond acceptors (Lipinski definition) is 5. The Hall–Kier alpha value is -1.66. The lowest BCUT2D eigenvalue weighted by atomic mass is 9.79. The van der Waals surface area contributed by atoms with Gasteiger partial charge < -0.3 is 18.9 Å². The van der Waals surface area contributed by atoms with Gasteiger partial charge in [-0.1, -0.05) is 25.8 Å². The molecular formula is C23H31FO5. The van der Waals surface area contributed by atoms with Crippen LogP contribution in [-0.4, -0.2) is 38.7 Å². The average Bonchev–Trinajstić information content (AvgIpc) is 2.74. The van der Waals surface area contributed by atoms with Gasteiger partial charge in [0.1, 0.15) is 11.7 Å². The largest absolute Gasteiger partial charge is 0.494 e. The lowest BCUT2D eigenvalue weighted by molar-refractivity contribution is -0.240. The summed E-state index contributed by atoms with van der Waals surface area (Å²) in [7, 11) is 1.38. The van der Waals surface area contributed by atoms with Crippen LogP contribution in [0.15, 0.2) is 12.1 Å². The monoisotopic (exact) mass is 406 g/mol. The highest BCUT2D eigenvalue weighted by Gasteiger charge is 2.39. The maximum absolute atomic E-state index is 14.4. The second-order valence-electron chi connectivity index (χ2n) is 8.63. The summed E-state index contributed by atoms with van der Waals surface area (Å²) in [5.74, 6) is 0.0471. The molecule has 2 aliphatic heterocycles. The van der Waals surface area contributed by atoms with Crippen LogP contribution in [-0.2, 0) is 20.6 Å². The van der Waals surface area contributed by atoms with E-state index in [1.807, 2.05) is 0 Å². The lowest BCUT2D eigenvalue weighted by Crippen LogP contribution is -2.45. The highest BCUT2D eigenvalue weighted by atomic mass is 19.1. The summed E-state index contributed by atoms with van der Waals surface area (Å²) in [5.41, 5.74) is 0.640. The van der Waals surface area contributed by atoms with Gasteiger partial charge in [-0.25, -0.2) is 9.18 Å². The maximum atomic E-state index is 14.4. The van der Waals surface area contributed by atoms with Gasteiger partial charge in [0.25, 0.3) is 0 Å². The first-order valence-corrected chi connectivity index (χ1v) is 10.9. The van der Waals surface area contributed by atoms with Crippen molar-refractivity contribution in [2.24, 2.45) is 17.8 Å². The lowest BCUT2D eigenvalue weighted by Gasteiger charge is -2.40. The predicted molar refractivity (Wildman–Crippen MR) is 105 cm³/mol. The maximum Gasteiger partial charge on any atom is 0.341 e. The number of cyclic esters (lactones) is 1. The third-order valence-corrected chi connectivity index (χ3v) is 6.74. The van der Waals surface area contributed by atoms with E-state index in [0.29, 0.717) is 31.1 Å². The Kier molecular flexibility index (Phi) is 6.40. The van der Waals surface area contributed by atoms with E-state index in [1.165, 1.54) is 32.8 Å². The van der Waals surface area contributed by atoms with Crippen LogP contribution in [0.5, 0.6) is 5.75 Å². The summed E-state index contributed by atoms with van der Waals surface area (Å²) in [6.45, 7) is 3.26. The number of fused-ring (bicyclic) bond motifs is 1. The van der Waals surface area contributed by atoms with Crippen molar-refractivity contribution in [3.63, 3.8) is 0 Å². The first kappa shape index (κ1) is 20.6. The van der Waals surface area contributed by atoms with Gasteiger partial charge in [-0.2, -0.15) is 0 Å². The number of esters is 1. The summed E-state index contributed by atoms with van der Waals surface area (Å²) >= 11 is 0. The number of methoxy groups -OCH3 is 1. The highest BCUT2D eigenvalue weighted by molar-refractivity contribution is 5.93. The number of carbonyl (C=O) groups is 1. The van der Waals surface area contributed by atoms with Crippen molar-refractivity contribution in [3.8, 4) is 5.75 Å². The van der Waals surface area contributed by atoms with Crippen LogP contribution in [0.1, 0.15) is 61.4 Å². The molecule has 0 N–H and O–H groups in total. The summed E-state index contributed by atoms with van der Waals surface area (Å²) in [6, 6.07) is 3.30. The quantitative estimate of drug-likeness (QED) is 0.674. The van der Waals surface area contributed by atoms with Crippen LogP contribution in [0.25, 0.3) is 0 Å². The molecule has 1 aliphatic carbocycles. The molecule has 2 fully saturated rings. The molecule has 1 aromatic rings. The van der Waals surface area contributed by atoms with E-state index in [1.54, 1.807) is 12.1 Å². The zero-order valence-corrected chi connectivity index (χ0v) is 17.3. The van der Waals surface area contributed by atoms with Crippen molar-refractivity contribution >= 4 is 5.97 Å². The number of carbonyl (C=O) groups excluding carboxylic acids is 1. The number of ether oxygens (including phenoxy) is 4. The van der Waals surface area contributed by atoms with E-state index in [-0.39, 0.29) is 29.6 Å². The van der Waals surface area contributed by atoms with E-state index >= 15 is 0 Å². The third-order valence-electron chi connectivity index (χ3n) is 6.74.